The molecule has 30 heavy (non-hydrogen) atoms. The van der Waals surface area contributed by atoms with E-state index in [-0.39, 0.29) is 5.91 Å². The monoisotopic (exact) mass is 414 g/mol. The van der Waals surface area contributed by atoms with Crippen molar-refractivity contribution < 1.29 is 15.0 Å². The molecule has 1 fully saturated rings. The summed E-state index contributed by atoms with van der Waals surface area (Å²) < 4.78 is 1.76. The van der Waals surface area contributed by atoms with E-state index in [0.29, 0.717) is 43.8 Å². The highest BCUT2D eigenvalue weighted by Gasteiger charge is 2.37. The van der Waals surface area contributed by atoms with Crippen molar-refractivity contribution in [2.24, 2.45) is 5.41 Å². The first kappa shape index (κ1) is 20.1. The van der Waals surface area contributed by atoms with E-state index < -0.39 is 18.6 Å². The fraction of sp³-hybridized carbons (Fsp3) is 0.474. The SMILES string of the molecule is Cc1cc(Nc2nc(N3CCN(C(=O)C(C)(CO)CO)CC3)nn3cccc23)n[nH]1. The molecule has 0 aromatic carbocycles. The molecule has 0 aliphatic carbocycles. The first-order valence-corrected chi connectivity index (χ1v) is 9.84. The van der Waals surface area contributed by atoms with Crippen molar-refractivity contribution >= 4 is 29.0 Å². The predicted octanol–water partition coefficient (Wildman–Crippen LogP) is 0.144. The second-order valence-corrected chi connectivity index (χ2v) is 7.82. The third-order valence-electron chi connectivity index (χ3n) is 5.40. The lowest BCUT2D eigenvalue weighted by atomic mass is 9.91. The average Bonchev–Trinajstić information content (AvgIpc) is 3.41. The van der Waals surface area contributed by atoms with Gasteiger partial charge in [-0.1, -0.05) is 0 Å². The van der Waals surface area contributed by atoms with E-state index in [1.807, 2.05) is 36.2 Å². The molecule has 1 saturated heterocycles. The third kappa shape index (κ3) is 3.68. The molecule has 4 rings (SSSR count). The molecule has 0 unspecified atom stereocenters. The van der Waals surface area contributed by atoms with Gasteiger partial charge in [-0.25, -0.2) is 4.52 Å². The number of aliphatic hydroxyl groups is 2. The maximum atomic E-state index is 12.7. The zero-order chi connectivity index (χ0) is 21.3. The predicted molar refractivity (Wildman–Crippen MR) is 111 cm³/mol. The highest BCUT2D eigenvalue weighted by Crippen LogP contribution is 2.24. The van der Waals surface area contributed by atoms with E-state index in [1.54, 1.807) is 16.3 Å². The Morgan fingerprint density at radius 3 is 2.63 bits per heavy atom. The van der Waals surface area contributed by atoms with Gasteiger partial charge in [0.15, 0.2) is 11.6 Å². The zero-order valence-corrected chi connectivity index (χ0v) is 17.0. The fourth-order valence-corrected chi connectivity index (χ4v) is 3.43. The Kier molecular flexibility index (Phi) is 5.31. The number of hydrogen-bond acceptors (Lipinski definition) is 8. The summed E-state index contributed by atoms with van der Waals surface area (Å²) in [5.41, 5.74) is 0.605. The van der Waals surface area contributed by atoms with Gasteiger partial charge < -0.3 is 25.3 Å². The molecule has 160 valence electrons. The summed E-state index contributed by atoms with van der Waals surface area (Å²) >= 11 is 0. The van der Waals surface area contributed by atoms with Crippen LogP contribution in [0.25, 0.3) is 5.52 Å². The molecule has 3 aromatic heterocycles. The molecular formula is C19H26N8O3. The highest BCUT2D eigenvalue weighted by molar-refractivity contribution is 5.83. The fourth-order valence-electron chi connectivity index (χ4n) is 3.43. The van der Waals surface area contributed by atoms with Crippen LogP contribution in [0.15, 0.2) is 24.4 Å². The molecule has 0 radical (unpaired) electrons. The van der Waals surface area contributed by atoms with Crippen LogP contribution < -0.4 is 10.2 Å². The highest BCUT2D eigenvalue weighted by atomic mass is 16.3. The van der Waals surface area contributed by atoms with Crippen LogP contribution in [0.4, 0.5) is 17.6 Å². The minimum atomic E-state index is -1.17. The summed E-state index contributed by atoms with van der Waals surface area (Å²) in [5.74, 6) is 1.61. The van der Waals surface area contributed by atoms with Crippen molar-refractivity contribution in [2.45, 2.75) is 13.8 Å². The summed E-state index contributed by atoms with van der Waals surface area (Å²) in [4.78, 5) is 21.0. The van der Waals surface area contributed by atoms with Gasteiger partial charge in [-0.15, -0.1) is 5.10 Å². The number of aromatic amines is 1. The van der Waals surface area contributed by atoms with Gasteiger partial charge in [-0.05, 0) is 26.0 Å². The number of aryl methyl sites for hydroxylation is 1. The van der Waals surface area contributed by atoms with Gasteiger partial charge in [0, 0.05) is 44.1 Å². The maximum Gasteiger partial charge on any atom is 0.245 e. The number of anilines is 3. The normalized spacial score (nSPS) is 15.1. The number of piperazine rings is 1. The van der Waals surface area contributed by atoms with Gasteiger partial charge >= 0.3 is 0 Å². The number of aliphatic hydroxyl groups excluding tert-OH is 2. The van der Waals surface area contributed by atoms with Crippen LogP contribution in [-0.2, 0) is 4.79 Å². The number of rotatable bonds is 6. The Hall–Kier alpha value is -3.18. The molecular weight excluding hydrogens is 388 g/mol. The topological polar surface area (TPSA) is 135 Å². The van der Waals surface area contributed by atoms with Crippen LogP contribution in [0.1, 0.15) is 12.6 Å². The Bertz CT molecular complexity index is 1030. The van der Waals surface area contributed by atoms with Crippen molar-refractivity contribution in [1.82, 2.24) is 29.7 Å². The molecule has 11 heteroatoms. The van der Waals surface area contributed by atoms with Crippen LogP contribution in [0, 0.1) is 12.3 Å². The number of nitrogens with zero attached hydrogens (tertiary/aromatic N) is 6. The summed E-state index contributed by atoms with van der Waals surface area (Å²) in [6.07, 6.45) is 1.86. The van der Waals surface area contributed by atoms with Gasteiger partial charge in [0.05, 0.1) is 18.6 Å². The van der Waals surface area contributed by atoms with Crippen LogP contribution in [0.3, 0.4) is 0 Å². The summed E-state index contributed by atoms with van der Waals surface area (Å²) in [6, 6.07) is 5.72. The number of H-pyrrole nitrogens is 1. The van der Waals surface area contributed by atoms with Crippen LogP contribution in [0.5, 0.6) is 0 Å². The molecule has 1 aliphatic heterocycles. The van der Waals surface area contributed by atoms with Crippen LogP contribution >= 0.6 is 0 Å². The van der Waals surface area contributed by atoms with Gasteiger partial charge in [0.1, 0.15) is 5.52 Å². The van der Waals surface area contributed by atoms with Crippen molar-refractivity contribution in [3.8, 4) is 0 Å². The second-order valence-electron chi connectivity index (χ2n) is 7.82. The largest absolute Gasteiger partial charge is 0.395 e. The van der Waals surface area contributed by atoms with Crippen molar-refractivity contribution in [3.63, 3.8) is 0 Å². The summed E-state index contributed by atoms with van der Waals surface area (Å²) in [7, 11) is 0. The molecule has 0 bridgehead atoms. The van der Waals surface area contributed by atoms with Crippen molar-refractivity contribution in [2.75, 3.05) is 49.6 Å². The van der Waals surface area contributed by atoms with Crippen LogP contribution in [-0.4, -0.2) is 85.2 Å². The minimum Gasteiger partial charge on any atom is -0.395 e. The quantitative estimate of drug-likeness (QED) is 0.448. The van der Waals surface area contributed by atoms with E-state index in [1.165, 1.54) is 0 Å². The van der Waals surface area contributed by atoms with Gasteiger partial charge in [0.2, 0.25) is 11.9 Å². The van der Waals surface area contributed by atoms with Gasteiger partial charge in [-0.2, -0.15) is 10.1 Å². The number of carbonyl (C=O) groups excluding carboxylic acids is 1. The molecule has 1 aliphatic rings. The van der Waals surface area contributed by atoms with E-state index >= 15 is 0 Å². The molecule has 3 aromatic rings. The van der Waals surface area contributed by atoms with Gasteiger partial charge in [-0.3, -0.25) is 9.89 Å². The average molecular weight is 414 g/mol. The number of nitrogens with one attached hydrogen (secondary N) is 2. The number of amides is 1. The lowest BCUT2D eigenvalue weighted by Crippen LogP contribution is -2.54. The zero-order valence-electron chi connectivity index (χ0n) is 17.0. The molecule has 4 heterocycles. The number of aromatic nitrogens is 5. The number of hydrogen-bond donors (Lipinski definition) is 4. The third-order valence-corrected chi connectivity index (χ3v) is 5.40. The standard InChI is InChI=1S/C19H26N8O3/c1-13-10-15(23-22-13)20-16-14-4-3-5-27(14)24-18(21-16)26-8-6-25(7-9-26)17(30)19(2,11-28)12-29/h3-5,10,28-29H,6-9,11-12H2,1-2H3,(H2,20,21,22,23,24). The van der Waals surface area contributed by atoms with E-state index in [9.17, 15) is 15.0 Å². The first-order chi connectivity index (χ1) is 14.4. The number of carbonyl (C=O) groups is 1. The van der Waals surface area contributed by atoms with E-state index in [4.69, 9.17) is 4.98 Å². The minimum absolute atomic E-state index is 0.245. The van der Waals surface area contributed by atoms with Crippen LogP contribution in [0.2, 0.25) is 0 Å². The van der Waals surface area contributed by atoms with E-state index in [0.717, 1.165) is 11.2 Å². The Labute approximate surface area is 173 Å². The van der Waals surface area contributed by atoms with Gasteiger partial charge in [0.25, 0.3) is 0 Å². The Morgan fingerprint density at radius 2 is 2.00 bits per heavy atom. The lowest BCUT2D eigenvalue weighted by Gasteiger charge is -2.38. The molecule has 4 N–H and O–H groups in total. The molecule has 1 amide bonds. The molecule has 0 spiro atoms. The Morgan fingerprint density at radius 1 is 1.27 bits per heavy atom. The van der Waals surface area contributed by atoms with E-state index in [2.05, 4.69) is 20.6 Å². The molecule has 0 atom stereocenters. The smallest absolute Gasteiger partial charge is 0.245 e. The molecule has 0 saturated carbocycles. The second kappa shape index (κ2) is 7.92. The lowest BCUT2D eigenvalue weighted by molar-refractivity contribution is -0.146. The Balaban J connectivity index is 1.52. The van der Waals surface area contributed by atoms with Crippen molar-refractivity contribution in [3.05, 3.63) is 30.1 Å². The summed E-state index contributed by atoms with van der Waals surface area (Å²) in [5, 5.41) is 33.9. The molecule has 11 nitrogen and oxygen atoms in total. The van der Waals surface area contributed by atoms with Crippen molar-refractivity contribution in [1.29, 1.82) is 0 Å². The number of fused-ring (bicyclic) bond motifs is 1. The maximum absolute atomic E-state index is 12.7. The summed E-state index contributed by atoms with van der Waals surface area (Å²) in [6.45, 7) is 4.73. The first-order valence-electron chi connectivity index (χ1n) is 9.84.